The van der Waals surface area contributed by atoms with Gasteiger partial charge in [0, 0.05) is 13.1 Å². The molecule has 6 nitrogen and oxygen atoms in total. The van der Waals surface area contributed by atoms with Gasteiger partial charge in [0.25, 0.3) is 0 Å². The van der Waals surface area contributed by atoms with Gasteiger partial charge in [0.05, 0.1) is 18.8 Å². The number of amides is 2. The number of carbonyl (C=O) groups excluding carboxylic acids is 2. The number of rotatable bonds is 3. The van der Waals surface area contributed by atoms with Gasteiger partial charge in [0.1, 0.15) is 12.3 Å². The third-order valence-corrected chi connectivity index (χ3v) is 4.96. The first kappa shape index (κ1) is 16.8. The maximum Gasteiger partial charge on any atom is 0.246 e. The molecule has 1 aromatic rings. The Morgan fingerprint density at radius 1 is 1.17 bits per heavy atom. The summed E-state index contributed by atoms with van der Waals surface area (Å²) >= 11 is 0. The average Bonchev–Trinajstić information content (AvgIpc) is 2.61. The van der Waals surface area contributed by atoms with Crippen molar-refractivity contribution < 1.29 is 14.3 Å². The van der Waals surface area contributed by atoms with E-state index in [2.05, 4.69) is 4.90 Å². The van der Waals surface area contributed by atoms with Crippen LogP contribution < -0.4 is 9.64 Å². The lowest BCUT2D eigenvalue weighted by molar-refractivity contribution is -0.142. The Bertz CT molecular complexity index is 619. The number of nitrogens with zero attached hydrogens (tertiary/aromatic N) is 3. The SMILES string of the molecule is COc1ccccc1N1CCN(C(=O)[C@@H]2CCCCN2C)CC1=O. The summed E-state index contributed by atoms with van der Waals surface area (Å²) in [6.45, 7) is 2.15. The van der Waals surface area contributed by atoms with E-state index in [0.29, 0.717) is 18.8 Å². The molecule has 0 saturated carbocycles. The number of para-hydroxylation sites is 2. The van der Waals surface area contributed by atoms with Crippen molar-refractivity contribution in [2.45, 2.75) is 25.3 Å². The largest absolute Gasteiger partial charge is 0.495 e. The van der Waals surface area contributed by atoms with Gasteiger partial charge in [-0.1, -0.05) is 18.6 Å². The van der Waals surface area contributed by atoms with Crippen LogP contribution in [0.1, 0.15) is 19.3 Å². The van der Waals surface area contributed by atoms with Crippen LogP contribution >= 0.6 is 0 Å². The zero-order chi connectivity index (χ0) is 17.1. The molecule has 0 bridgehead atoms. The normalized spacial score (nSPS) is 22.6. The highest BCUT2D eigenvalue weighted by molar-refractivity contribution is 5.99. The van der Waals surface area contributed by atoms with Gasteiger partial charge >= 0.3 is 0 Å². The number of hydrogen-bond donors (Lipinski definition) is 0. The predicted molar refractivity (Wildman–Crippen MR) is 92.2 cm³/mol. The van der Waals surface area contributed by atoms with Crippen LogP contribution in [0.25, 0.3) is 0 Å². The number of carbonyl (C=O) groups is 2. The first-order valence-corrected chi connectivity index (χ1v) is 8.54. The van der Waals surface area contributed by atoms with Crippen molar-refractivity contribution in [3.05, 3.63) is 24.3 Å². The minimum Gasteiger partial charge on any atom is -0.495 e. The monoisotopic (exact) mass is 331 g/mol. The summed E-state index contributed by atoms with van der Waals surface area (Å²) in [5.41, 5.74) is 0.770. The minimum absolute atomic E-state index is 0.0578. The maximum absolute atomic E-state index is 12.8. The third-order valence-electron chi connectivity index (χ3n) is 4.96. The van der Waals surface area contributed by atoms with E-state index in [9.17, 15) is 9.59 Å². The third kappa shape index (κ3) is 3.24. The summed E-state index contributed by atoms with van der Waals surface area (Å²) in [7, 11) is 3.59. The predicted octanol–water partition coefficient (Wildman–Crippen LogP) is 1.35. The van der Waals surface area contributed by atoms with Gasteiger partial charge in [-0.05, 0) is 38.6 Å². The number of anilines is 1. The number of methoxy groups -OCH3 is 1. The minimum atomic E-state index is -0.0793. The Labute approximate surface area is 143 Å². The molecule has 1 aromatic carbocycles. The van der Waals surface area contributed by atoms with E-state index in [1.807, 2.05) is 31.3 Å². The molecular weight excluding hydrogens is 306 g/mol. The molecule has 0 unspecified atom stereocenters. The summed E-state index contributed by atoms with van der Waals surface area (Å²) in [5.74, 6) is 0.709. The second-order valence-electron chi connectivity index (χ2n) is 6.47. The van der Waals surface area contributed by atoms with Gasteiger partial charge < -0.3 is 14.5 Å². The molecule has 2 fully saturated rings. The molecule has 1 atom stereocenters. The first-order valence-electron chi connectivity index (χ1n) is 8.54. The molecule has 0 aliphatic carbocycles. The Kier molecular flexibility index (Phi) is 5.04. The van der Waals surface area contributed by atoms with Crippen molar-refractivity contribution in [2.75, 3.05) is 45.2 Å². The van der Waals surface area contributed by atoms with E-state index in [4.69, 9.17) is 4.74 Å². The number of piperidine rings is 1. The average molecular weight is 331 g/mol. The number of likely N-dealkylation sites (tertiary alicyclic amines) is 1. The first-order chi connectivity index (χ1) is 11.6. The lowest BCUT2D eigenvalue weighted by atomic mass is 10.0. The molecule has 0 spiro atoms. The van der Waals surface area contributed by atoms with Gasteiger partial charge in [0.2, 0.25) is 11.8 Å². The second-order valence-corrected chi connectivity index (χ2v) is 6.47. The van der Waals surface area contributed by atoms with Gasteiger partial charge in [0.15, 0.2) is 0 Å². The number of benzene rings is 1. The summed E-state index contributed by atoms with van der Waals surface area (Å²) in [6.07, 6.45) is 3.10. The van der Waals surface area contributed by atoms with E-state index in [1.165, 1.54) is 0 Å². The molecule has 130 valence electrons. The summed E-state index contributed by atoms with van der Waals surface area (Å²) < 4.78 is 5.35. The van der Waals surface area contributed by atoms with Crippen LogP contribution in [-0.2, 0) is 9.59 Å². The van der Waals surface area contributed by atoms with Crippen LogP contribution in [0.3, 0.4) is 0 Å². The van der Waals surface area contributed by atoms with Crippen molar-refractivity contribution in [1.82, 2.24) is 9.80 Å². The summed E-state index contributed by atoms with van der Waals surface area (Å²) in [4.78, 5) is 30.9. The van der Waals surface area contributed by atoms with E-state index < -0.39 is 0 Å². The zero-order valence-electron chi connectivity index (χ0n) is 14.4. The summed E-state index contributed by atoms with van der Waals surface area (Å²) in [5, 5.41) is 0. The number of hydrogen-bond acceptors (Lipinski definition) is 4. The molecule has 2 aliphatic heterocycles. The van der Waals surface area contributed by atoms with Crippen molar-refractivity contribution in [3.8, 4) is 5.75 Å². The van der Waals surface area contributed by atoms with E-state index >= 15 is 0 Å². The molecule has 2 saturated heterocycles. The Hall–Kier alpha value is -2.08. The zero-order valence-corrected chi connectivity index (χ0v) is 14.4. The Morgan fingerprint density at radius 2 is 1.96 bits per heavy atom. The molecule has 6 heteroatoms. The van der Waals surface area contributed by atoms with Gasteiger partial charge in [-0.3, -0.25) is 14.5 Å². The van der Waals surface area contributed by atoms with Crippen LogP contribution in [0.4, 0.5) is 5.69 Å². The number of piperazine rings is 1. The molecule has 0 radical (unpaired) electrons. The molecule has 0 aromatic heterocycles. The van der Waals surface area contributed by atoms with Crippen LogP contribution in [-0.4, -0.2) is 68.0 Å². The number of ether oxygens (including phenoxy) is 1. The van der Waals surface area contributed by atoms with E-state index in [-0.39, 0.29) is 24.4 Å². The van der Waals surface area contributed by atoms with Crippen LogP contribution in [0.15, 0.2) is 24.3 Å². The Morgan fingerprint density at radius 3 is 2.67 bits per heavy atom. The van der Waals surface area contributed by atoms with Gasteiger partial charge in [-0.2, -0.15) is 0 Å². The quantitative estimate of drug-likeness (QED) is 0.839. The highest BCUT2D eigenvalue weighted by Crippen LogP contribution is 2.29. The highest BCUT2D eigenvalue weighted by Gasteiger charge is 2.34. The summed E-state index contributed by atoms with van der Waals surface area (Å²) in [6, 6.07) is 7.41. The standard InChI is InChI=1S/C18H25N3O3/c1-19-10-6-5-8-15(19)18(23)20-11-12-21(17(22)13-20)14-7-3-4-9-16(14)24-2/h3-4,7,9,15H,5-6,8,10-13H2,1-2H3/t15-/m0/s1. The van der Waals surface area contributed by atoms with Crippen molar-refractivity contribution in [2.24, 2.45) is 0 Å². The van der Waals surface area contributed by atoms with Crippen LogP contribution in [0, 0.1) is 0 Å². The van der Waals surface area contributed by atoms with Gasteiger partial charge in [-0.15, -0.1) is 0 Å². The molecule has 3 rings (SSSR count). The molecule has 2 heterocycles. The van der Waals surface area contributed by atoms with Crippen LogP contribution in [0.2, 0.25) is 0 Å². The van der Waals surface area contributed by atoms with Crippen LogP contribution in [0.5, 0.6) is 5.75 Å². The van der Waals surface area contributed by atoms with Crippen molar-refractivity contribution in [3.63, 3.8) is 0 Å². The van der Waals surface area contributed by atoms with Crippen molar-refractivity contribution >= 4 is 17.5 Å². The molecule has 2 aliphatic rings. The maximum atomic E-state index is 12.8. The smallest absolute Gasteiger partial charge is 0.246 e. The fourth-order valence-corrected chi connectivity index (χ4v) is 3.57. The highest BCUT2D eigenvalue weighted by atomic mass is 16.5. The Balaban J connectivity index is 1.69. The van der Waals surface area contributed by atoms with Gasteiger partial charge in [-0.25, -0.2) is 0 Å². The van der Waals surface area contributed by atoms with E-state index in [0.717, 1.165) is 31.5 Å². The van der Waals surface area contributed by atoms with Crippen molar-refractivity contribution in [1.29, 1.82) is 0 Å². The lowest BCUT2D eigenvalue weighted by Crippen LogP contribution is -2.57. The topological polar surface area (TPSA) is 53.1 Å². The fraction of sp³-hybridized carbons (Fsp3) is 0.556. The number of likely N-dealkylation sites (N-methyl/N-ethyl adjacent to an activating group) is 1. The lowest BCUT2D eigenvalue weighted by Gasteiger charge is -2.39. The fourth-order valence-electron chi connectivity index (χ4n) is 3.57. The molecule has 0 N–H and O–H groups in total. The molecule has 2 amide bonds. The molecule has 24 heavy (non-hydrogen) atoms. The molecular formula is C18H25N3O3. The van der Waals surface area contributed by atoms with E-state index in [1.54, 1.807) is 16.9 Å². The second kappa shape index (κ2) is 7.21.